The van der Waals surface area contributed by atoms with Crippen LogP contribution in [0.2, 0.25) is 0 Å². The Morgan fingerprint density at radius 1 is 1.05 bits per heavy atom. The molecule has 1 aromatic heterocycles. The molecule has 0 saturated heterocycles. The van der Waals surface area contributed by atoms with Crippen molar-refractivity contribution >= 4 is 22.7 Å². The van der Waals surface area contributed by atoms with Crippen LogP contribution in [0.25, 0.3) is 11.0 Å². The Hall–Kier alpha value is -2.20. The van der Waals surface area contributed by atoms with Crippen LogP contribution in [0.3, 0.4) is 0 Å². The van der Waals surface area contributed by atoms with Gasteiger partial charge in [0, 0.05) is 29.0 Å². The van der Waals surface area contributed by atoms with E-state index >= 15 is 0 Å². The highest BCUT2D eigenvalue weighted by Gasteiger charge is 2.07. The molecule has 0 atom stereocenters. The summed E-state index contributed by atoms with van der Waals surface area (Å²) in [4.78, 5) is 11.6. The fraction of sp³-hybridized carbons (Fsp3) is 0.167. The van der Waals surface area contributed by atoms with Gasteiger partial charge in [-0.3, -0.25) is 0 Å². The van der Waals surface area contributed by atoms with E-state index in [0.717, 1.165) is 22.5 Å². The van der Waals surface area contributed by atoms with Gasteiger partial charge in [-0.25, -0.2) is 4.79 Å². The van der Waals surface area contributed by atoms with Gasteiger partial charge in [-0.1, -0.05) is 24.3 Å². The molecule has 3 rings (SSSR count). The average Bonchev–Trinajstić information content (AvgIpc) is 2.48. The number of rotatable bonds is 4. The molecule has 0 aliphatic carbocycles. The first-order valence-corrected chi connectivity index (χ1v) is 8.17. The summed E-state index contributed by atoms with van der Waals surface area (Å²) in [5.41, 5.74) is 3.56. The minimum absolute atomic E-state index is 0.0976. The normalized spacial score (nSPS) is 11.0. The van der Waals surface area contributed by atoms with Crippen LogP contribution in [0.15, 0.2) is 57.7 Å². The van der Waals surface area contributed by atoms with Gasteiger partial charge in [0.1, 0.15) is 11.3 Å². The lowest BCUT2D eigenvalue weighted by Gasteiger charge is -2.07. The van der Waals surface area contributed by atoms with Gasteiger partial charge in [0.2, 0.25) is 0 Å². The third-order valence-corrected chi connectivity index (χ3v) is 4.62. The molecular weight excluding hydrogens is 296 g/mol. The maximum Gasteiger partial charge on any atom is 0.336 e. The van der Waals surface area contributed by atoms with E-state index in [4.69, 9.17) is 4.42 Å². The number of aryl methyl sites for hydroxylation is 1. The number of aromatic hydroxyl groups is 1. The zero-order valence-electron chi connectivity index (χ0n) is 12.2. The SMILES string of the molecule is Cc1ccccc1CSCc1cc(=O)oc2cc(O)ccc12. The van der Waals surface area contributed by atoms with Crippen LogP contribution in [0.1, 0.15) is 16.7 Å². The van der Waals surface area contributed by atoms with E-state index in [2.05, 4.69) is 19.1 Å². The van der Waals surface area contributed by atoms with Crippen LogP contribution in [0, 0.1) is 6.92 Å². The van der Waals surface area contributed by atoms with Crippen molar-refractivity contribution in [3.05, 3.63) is 75.6 Å². The van der Waals surface area contributed by atoms with Gasteiger partial charge in [0.15, 0.2) is 0 Å². The van der Waals surface area contributed by atoms with Gasteiger partial charge in [0.25, 0.3) is 0 Å². The Bertz CT molecular complexity index is 868. The van der Waals surface area contributed by atoms with E-state index in [9.17, 15) is 9.90 Å². The lowest BCUT2D eigenvalue weighted by Crippen LogP contribution is -2.00. The molecule has 0 radical (unpaired) electrons. The highest BCUT2D eigenvalue weighted by atomic mass is 32.2. The number of hydrogen-bond acceptors (Lipinski definition) is 4. The summed E-state index contributed by atoms with van der Waals surface area (Å²) in [6, 6.07) is 14.7. The van der Waals surface area contributed by atoms with Crippen molar-refractivity contribution in [2.24, 2.45) is 0 Å². The molecule has 0 spiro atoms. The summed E-state index contributed by atoms with van der Waals surface area (Å²) in [5, 5.41) is 10.4. The second kappa shape index (κ2) is 6.28. The first kappa shape index (κ1) is 14.7. The van der Waals surface area contributed by atoms with Gasteiger partial charge in [0.05, 0.1) is 0 Å². The molecule has 0 aliphatic rings. The fourth-order valence-corrected chi connectivity index (χ4v) is 3.49. The first-order chi connectivity index (χ1) is 10.6. The summed E-state index contributed by atoms with van der Waals surface area (Å²) in [6.07, 6.45) is 0. The summed E-state index contributed by atoms with van der Waals surface area (Å²) in [6.45, 7) is 2.10. The Labute approximate surface area is 132 Å². The summed E-state index contributed by atoms with van der Waals surface area (Å²) in [7, 11) is 0. The number of phenols is 1. The number of thioether (sulfide) groups is 1. The molecule has 3 nitrogen and oxygen atoms in total. The van der Waals surface area contributed by atoms with Gasteiger partial charge in [-0.15, -0.1) is 0 Å². The van der Waals surface area contributed by atoms with Crippen LogP contribution >= 0.6 is 11.8 Å². The molecule has 0 unspecified atom stereocenters. The second-order valence-corrected chi connectivity index (χ2v) is 6.18. The van der Waals surface area contributed by atoms with E-state index in [0.29, 0.717) is 5.58 Å². The Kier molecular flexibility index (Phi) is 4.20. The van der Waals surface area contributed by atoms with Crippen LogP contribution in [-0.4, -0.2) is 5.11 Å². The summed E-state index contributed by atoms with van der Waals surface area (Å²) in [5.74, 6) is 1.72. The zero-order valence-corrected chi connectivity index (χ0v) is 13.0. The predicted molar refractivity (Wildman–Crippen MR) is 90.3 cm³/mol. The molecule has 112 valence electrons. The highest BCUT2D eigenvalue weighted by molar-refractivity contribution is 7.97. The van der Waals surface area contributed by atoms with Gasteiger partial charge in [-0.05, 0) is 35.7 Å². The molecule has 0 fully saturated rings. The molecule has 1 N–H and O–H groups in total. The average molecular weight is 312 g/mol. The van der Waals surface area contributed by atoms with Gasteiger partial charge >= 0.3 is 5.63 Å². The van der Waals surface area contributed by atoms with Crippen molar-refractivity contribution in [1.29, 1.82) is 0 Å². The number of benzene rings is 2. The fourth-order valence-electron chi connectivity index (χ4n) is 2.38. The first-order valence-electron chi connectivity index (χ1n) is 7.01. The van der Waals surface area contributed by atoms with E-state index in [1.54, 1.807) is 23.9 Å². The number of fused-ring (bicyclic) bond motifs is 1. The Balaban J connectivity index is 1.82. The van der Waals surface area contributed by atoms with E-state index in [1.807, 2.05) is 12.1 Å². The smallest absolute Gasteiger partial charge is 0.336 e. The molecular formula is C18H16O3S. The quantitative estimate of drug-likeness (QED) is 0.732. The van der Waals surface area contributed by atoms with Gasteiger partial charge < -0.3 is 9.52 Å². The van der Waals surface area contributed by atoms with Crippen molar-refractivity contribution in [3.8, 4) is 5.75 Å². The van der Waals surface area contributed by atoms with Crippen molar-refractivity contribution in [2.75, 3.05) is 0 Å². The van der Waals surface area contributed by atoms with E-state index < -0.39 is 0 Å². The van der Waals surface area contributed by atoms with Crippen molar-refractivity contribution < 1.29 is 9.52 Å². The van der Waals surface area contributed by atoms with Gasteiger partial charge in [-0.2, -0.15) is 11.8 Å². The lowest BCUT2D eigenvalue weighted by atomic mass is 10.1. The molecule has 0 bridgehead atoms. The largest absolute Gasteiger partial charge is 0.508 e. The van der Waals surface area contributed by atoms with Crippen LogP contribution in [0.4, 0.5) is 0 Å². The van der Waals surface area contributed by atoms with Crippen molar-refractivity contribution in [3.63, 3.8) is 0 Å². The molecule has 3 aromatic rings. The monoisotopic (exact) mass is 312 g/mol. The third-order valence-electron chi connectivity index (χ3n) is 3.59. The highest BCUT2D eigenvalue weighted by Crippen LogP contribution is 2.26. The lowest BCUT2D eigenvalue weighted by molar-refractivity contribution is 0.473. The van der Waals surface area contributed by atoms with Crippen molar-refractivity contribution in [2.45, 2.75) is 18.4 Å². The maximum atomic E-state index is 11.6. The molecule has 0 amide bonds. The van der Waals surface area contributed by atoms with Crippen LogP contribution in [0.5, 0.6) is 5.75 Å². The summed E-state index contributed by atoms with van der Waals surface area (Å²) < 4.78 is 5.14. The number of phenolic OH excluding ortho intramolecular Hbond substituents is 1. The van der Waals surface area contributed by atoms with E-state index in [-0.39, 0.29) is 11.4 Å². The predicted octanol–water partition coefficient (Wildman–Crippen LogP) is 4.24. The molecule has 0 saturated carbocycles. The molecule has 1 heterocycles. The third kappa shape index (κ3) is 3.17. The van der Waals surface area contributed by atoms with E-state index in [1.165, 1.54) is 23.3 Å². The standard InChI is InChI=1S/C18H16O3S/c1-12-4-2-3-5-13(12)10-22-11-14-8-18(20)21-17-9-15(19)6-7-16(14)17/h2-9,19H,10-11H2,1H3. The maximum absolute atomic E-state index is 11.6. The van der Waals surface area contributed by atoms with Crippen LogP contribution in [-0.2, 0) is 11.5 Å². The summed E-state index contributed by atoms with van der Waals surface area (Å²) >= 11 is 1.76. The molecule has 22 heavy (non-hydrogen) atoms. The molecule has 4 heteroatoms. The number of hydrogen-bond donors (Lipinski definition) is 1. The second-order valence-electron chi connectivity index (χ2n) is 5.19. The minimum atomic E-state index is -0.385. The topological polar surface area (TPSA) is 50.4 Å². The Morgan fingerprint density at radius 3 is 2.64 bits per heavy atom. The molecule has 2 aromatic carbocycles. The molecule has 0 aliphatic heterocycles. The Morgan fingerprint density at radius 2 is 1.82 bits per heavy atom. The zero-order chi connectivity index (χ0) is 15.5. The van der Waals surface area contributed by atoms with Crippen molar-refractivity contribution in [1.82, 2.24) is 0 Å². The minimum Gasteiger partial charge on any atom is -0.508 e. The van der Waals surface area contributed by atoms with Crippen LogP contribution < -0.4 is 5.63 Å².